The van der Waals surface area contributed by atoms with Gasteiger partial charge in [0.15, 0.2) is 0 Å². The van der Waals surface area contributed by atoms with Gasteiger partial charge < -0.3 is 5.32 Å². The SMILES string of the molecule is O=C(Cc1cc[c]cc1)Nc1ccccc1. The van der Waals surface area contributed by atoms with Crippen LogP contribution in [0.5, 0.6) is 0 Å². The van der Waals surface area contributed by atoms with Crippen molar-refractivity contribution in [3.05, 3.63) is 66.2 Å². The molecule has 0 fully saturated rings. The first-order valence-corrected chi connectivity index (χ1v) is 5.14. The molecule has 0 saturated heterocycles. The molecule has 2 heteroatoms. The second-order valence-corrected chi connectivity index (χ2v) is 3.50. The Bertz CT molecular complexity index is 407. The minimum atomic E-state index is -0.00241. The standard InChI is InChI=1S/C14H12NO/c16-14(11-12-7-3-1-4-8-12)15-13-9-5-2-6-10-13/h2-10H,11H2,(H,15,16). The van der Waals surface area contributed by atoms with E-state index in [0.717, 1.165) is 11.3 Å². The van der Waals surface area contributed by atoms with Gasteiger partial charge in [0, 0.05) is 5.69 Å². The van der Waals surface area contributed by atoms with Crippen LogP contribution in [0.25, 0.3) is 0 Å². The van der Waals surface area contributed by atoms with Gasteiger partial charge in [0.25, 0.3) is 0 Å². The van der Waals surface area contributed by atoms with E-state index in [1.54, 1.807) is 0 Å². The van der Waals surface area contributed by atoms with Crippen molar-refractivity contribution in [1.82, 2.24) is 0 Å². The van der Waals surface area contributed by atoms with Crippen molar-refractivity contribution in [1.29, 1.82) is 0 Å². The van der Waals surface area contributed by atoms with Gasteiger partial charge in [-0.1, -0.05) is 42.5 Å². The lowest BCUT2D eigenvalue weighted by atomic mass is 10.1. The van der Waals surface area contributed by atoms with Crippen molar-refractivity contribution in [2.75, 3.05) is 5.32 Å². The van der Waals surface area contributed by atoms with E-state index >= 15 is 0 Å². The highest BCUT2D eigenvalue weighted by atomic mass is 16.1. The maximum atomic E-state index is 11.7. The monoisotopic (exact) mass is 210 g/mol. The number of nitrogens with one attached hydrogen (secondary N) is 1. The second kappa shape index (κ2) is 5.12. The minimum Gasteiger partial charge on any atom is -0.326 e. The lowest BCUT2D eigenvalue weighted by Gasteiger charge is -2.04. The fraction of sp³-hybridized carbons (Fsp3) is 0.0714. The average molecular weight is 210 g/mol. The summed E-state index contributed by atoms with van der Waals surface area (Å²) in [6, 6.07) is 19.8. The molecule has 79 valence electrons. The summed E-state index contributed by atoms with van der Waals surface area (Å²) in [7, 11) is 0. The molecule has 1 amide bonds. The largest absolute Gasteiger partial charge is 0.326 e. The lowest BCUT2D eigenvalue weighted by Crippen LogP contribution is -2.14. The Kier molecular flexibility index (Phi) is 3.34. The molecule has 1 N–H and O–H groups in total. The van der Waals surface area contributed by atoms with Crippen molar-refractivity contribution < 1.29 is 4.79 Å². The summed E-state index contributed by atoms with van der Waals surface area (Å²) < 4.78 is 0. The summed E-state index contributed by atoms with van der Waals surface area (Å²) in [6.45, 7) is 0. The molecular weight excluding hydrogens is 198 g/mol. The van der Waals surface area contributed by atoms with Gasteiger partial charge in [-0.3, -0.25) is 4.79 Å². The molecule has 0 heterocycles. The number of carbonyl (C=O) groups is 1. The van der Waals surface area contributed by atoms with Crippen LogP contribution in [-0.2, 0) is 11.2 Å². The van der Waals surface area contributed by atoms with Crippen molar-refractivity contribution in [2.24, 2.45) is 0 Å². The predicted octanol–water partition coefficient (Wildman–Crippen LogP) is 2.67. The van der Waals surface area contributed by atoms with E-state index in [2.05, 4.69) is 11.4 Å². The zero-order valence-corrected chi connectivity index (χ0v) is 8.81. The van der Waals surface area contributed by atoms with E-state index in [0.29, 0.717) is 6.42 Å². The second-order valence-electron chi connectivity index (χ2n) is 3.50. The Labute approximate surface area is 94.9 Å². The number of amides is 1. The molecule has 0 spiro atoms. The van der Waals surface area contributed by atoms with Gasteiger partial charge in [-0.2, -0.15) is 0 Å². The summed E-state index contributed by atoms with van der Waals surface area (Å²) in [4.78, 5) is 11.7. The highest BCUT2D eigenvalue weighted by Crippen LogP contribution is 2.06. The fourth-order valence-electron chi connectivity index (χ4n) is 1.45. The fourth-order valence-corrected chi connectivity index (χ4v) is 1.45. The maximum Gasteiger partial charge on any atom is 0.228 e. The van der Waals surface area contributed by atoms with E-state index < -0.39 is 0 Å². The number of hydrogen-bond donors (Lipinski definition) is 1. The molecule has 0 aliphatic carbocycles. The van der Waals surface area contributed by atoms with Gasteiger partial charge in [-0.25, -0.2) is 0 Å². The Morgan fingerprint density at radius 3 is 2.44 bits per heavy atom. The number of carbonyl (C=O) groups excluding carboxylic acids is 1. The van der Waals surface area contributed by atoms with Gasteiger partial charge in [0.2, 0.25) is 5.91 Å². The number of benzene rings is 2. The molecule has 2 aromatic rings. The molecule has 0 atom stereocenters. The van der Waals surface area contributed by atoms with E-state index in [4.69, 9.17) is 0 Å². The summed E-state index contributed by atoms with van der Waals surface area (Å²) in [5, 5.41) is 2.84. The number of anilines is 1. The van der Waals surface area contributed by atoms with Gasteiger partial charge in [0.1, 0.15) is 0 Å². The molecule has 0 unspecified atom stereocenters. The van der Waals surface area contributed by atoms with Crippen LogP contribution in [0.4, 0.5) is 5.69 Å². The molecule has 2 rings (SSSR count). The minimum absolute atomic E-state index is 0.00241. The van der Waals surface area contributed by atoms with Gasteiger partial charge in [-0.15, -0.1) is 0 Å². The topological polar surface area (TPSA) is 29.1 Å². The molecule has 0 bridgehead atoms. The van der Waals surface area contributed by atoms with Crippen LogP contribution >= 0.6 is 0 Å². The summed E-state index contributed by atoms with van der Waals surface area (Å²) in [5.41, 5.74) is 1.82. The first kappa shape index (κ1) is 10.4. The van der Waals surface area contributed by atoms with E-state index in [1.807, 2.05) is 54.6 Å². The third-order valence-corrected chi connectivity index (χ3v) is 2.21. The van der Waals surface area contributed by atoms with Crippen LogP contribution in [0.3, 0.4) is 0 Å². The third kappa shape index (κ3) is 2.95. The zero-order chi connectivity index (χ0) is 11.2. The molecule has 0 aliphatic rings. The summed E-state index contributed by atoms with van der Waals surface area (Å²) in [6.07, 6.45) is 0.392. The number of rotatable bonds is 3. The van der Waals surface area contributed by atoms with Crippen LogP contribution in [0.1, 0.15) is 5.56 Å². The van der Waals surface area contributed by atoms with Crippen LogP contribution < -0.4 is 5.32 Å². The van der Waals surface area contributed by atoms with Crippen molar-refractivity contribution >= 4 is 11.6 Å². The van der Waals surface area contributed by atoms with Crippen molar-refractivity contribution in [2.45, 2.75) is 6.42 Å². The summed E-state index contributed by atoms with van der Waals surface area (Å²) >= 11 is 0. The predicted molar refractivity (Wildman–Crippen MR) is 64.1 cm³/mol. The van der Waals surface area contributed by atoms with Crippen LogP contribution in [0.2, 0.25) is 0 Å². The molecule has 2 nitrogen and oxygen atoms in total. The van der Waals surface area contributed by atoms with Gasteiger partial charge in [-0.05, 0) is 23.8 Å². The Balaban J connectivity index is 1.95. The molecular formula is C14H12NO. The first-order chi connectivity index (χ1) is 7.84. The lowest BCUT2D eigenvalue weighted by molar-refractivity contribution is -0.115. The highest BCUT2D eigenvalue weighted by Gasteiger charge is 2.02. The molecule has 0 saturated carbocycles. The van der Waals surface area contributed by atoms with E-state index in [9.17, 15) is 4.79 Å². The van der Waals surface area contributed by atoms with E-state index in [-0.39, 0.29) is 5.91 Å². The van der Waals surface area contributed by atoms with Crippen LogP contribution in [0, 0.1) is 6.07 Å². The Morgan fingerprint density at radius 2 is 1.75 bits per heavy atom. The number of para-hydroxylation sites is 1. The molecule has 0 aromatic heterocycles. The van der Waals surface area contributed by atoms with Crippen LogP contribution in [-0.4, -0.2) is 5.91 Å². The van der Waals surface area contributed by atoms with Crippen molar-refractivity contribution in [3.63, 3.8) is 0 Å². The average Bonchev–Trinajstić information content (AvgIpc) is 2.31. The number of hydrogen-bond acceptors (Lipinski definition) is 1. The zero-order valence-electron chi connectivity index (χ0n) is 8.81. The molecule has 1 radical (unpaired) electrons. The molecule has 2 aromatic carbocycles. The first-order valence-electron chi connectivity index (χ1n) is 5.14. The molecule has 16 heavy (non-hydrogen) atoms. The van der Waals surface area contributed by atoms with Crippen molar-refractivity contribution in [3.8, 4) is 0 Å². The normalized spacial score (nSPS) is 9.75. The quantitative estimate of drug-likeness (QED) is 0.829. The van der Waals surface area contributed by atoms with Gasteiger partial charge >= 0.3 is 0 Å². The molecule has 0 aliphatic heterocycles. The van der Waals surface area contributed by atoms with E-state index in [1.165, 1.54) is 0 Å². The van der Waals surface area contributed by atoms with Crippen LogP contribution in [0.15, 0.2) is 54.6 Å². The summed E-state index contributed by atoms with van der Waals surface area (Å²) in [5.74, 6) is -0.00241. The Hall–Kier alpha value is -2.09. The Morgan fingerprint density at radius 1 is 1.06 bits per heavy atom. The third-order valence-electron chi connectivity index (χ3n) is 2.21. The maximum absolute atomic E-state index is 11.7. The highest BCUT2D eigenvalue weighted by molar-refractivity contribution is 5.92. The van der Waals surface area contributed by atoms with Gasteiger partial charge in [0.05, 0.1) is 6.42 Å². The smallest absolute Gasteiger partial charge is 0.228 e.